The van der Waals surface area contributed by atoms with Crippen LogP contribution in [0.5, 0.6) is 5.75 Å². The molecule has 0 aliphatic heterocycles. The van der Waals surface area contributed by atoms with Gasteiger partial charge in [-0.05, 0) is 30.2 Å². The summed E-state index contributed by atoms with van der Waals surface area (Å²) in [4.78, 5) is 4.38. The maximum absolute atomic E-state index is 13.1. The van der Waals surface area contributed by atoms with Crippen molar-refractivity contribution in [1.29, 1.82) is 0 Å². The van der Waals surface area contributed by atoms with Gasteiger partial charge >= 0.3 is 0 Å². The van der Waals surface area contributed by atoms with Crippen molar-refractivity contribution < 1.29 is 9.13 Å². The highest BCUT2D eigenvalue weighted by Crippen LogP contribution is 2.26. The van der Waals surface area contributed by atoms with Crippen molar-refractivity contribution in [3.63, 3.8) is 0 Å². The highest BCUT2D eigenvalue weighted by molar-refractivity contribution is 7.22. The number of hydrogen-bond donors (Lipinski definition) is 1. The molecule has 3 aromatic rings. The van der Waals surface area contributed by atoms with Crippen LogP contribution in [0.2, 0.25) is 0 Å². The van der Waals surface area contributed by atoms with E-state index in [0.29, 0.717) is 5.52 Å². The number of nitrogens with zero attached hydrogens (tertiary/aromatic N) is 1. The fourth-order valence-electron chi connectivity index (χ4n) is 2.19. The fourth-order valence-corrected chi connectivity index (χ4v) is 3.06. The Morgan fingerprint density at radius 1 is 1.24 bits per heavy atom. The molecule has 0 bridgehead atoms. The molecule has 21 heavy (non-hydrogen) atoms. The number of anilines is 1. The Morgan fingerprint density at radius 3 is 2.95 bits per heavy atom. The van der Waals surface area contributed by atoms with Crippen LogP contribution in [0.3, 0.4) is 0 Å². The third-order valence-electron chi connectivity index (χ3n) is 3.21. The number of thiazole rings is 1. The molecular weight excluding hydrogens is 287 g/mol. The molecule has 1 heterocycles. The van der Waals surface area contributed by atoms with Crippen LogP contribution in [0.25, 0.3) is 10.2 Å². The van der Waals surface area contributed by atoms with Gasteiger partial charge in [-0.1, -0.05) is 29.5 Å². The smallest absolute Gasteiger partial charge is 0.183 e. The van der Waals surface area contributed by atoms with E-state index in [4.69, 9.17) is 4.74 Å². The highest BCUT2D eigenvalue weighted by Gasteiger charge is 2.05. The van der Waals surface area contributed by atoms with Gasteiger partial charge in [0.2, 0.25) is 0 Å². The third kappa shape index (κ3) is 3.13. The number of rotatable bonds is 5. The van der Waals surface area contributed by atoms with E-state index in [0.717, 1.165) is 34.1 Å². The van der Waals surface area contributed by atoms with Crippen LogP contribution >= 0.6 is 11.3 Å². The van der Waals surface area contributed by atoms with E-state index < -0.39 is 0 Å². The molecule has 1 aromatic heterocycles. The number of nitrogens with one attached hydrogen (secondary N) is 1. The number of ether oxygens (including phenoxy) is 1. The van der Waals surface area contributed by atoms with Gasteiger partial charge in [0.05, 0.1) is 17.3 Å². The second-order valence-corrected chi connectivity index (χ2v) is 5.65. The Kier molecular flexibility index (Phi) is 4.01. The van der Waals surface area contributed by atoms with Crippen molar-refractivity contribution in [2.24, 2.45) is 0 Å². The zero-order valence-electron chi connectivity index (χ0n) is 11.6. The largest absolute Gasteiger partial charge is 0.496 e. The van der Waals surface area contributed by atoms with Gasteiger partial charge in [0.15, 0.2) is 5.13 Å². The van der Waals surface area contributed by atoms with Gasteiger partial charge in [0.25, 0.3) is 0 Å². The summed E-state index contributed by atoms with van der Waals surface area (Å²) in [6.07, 6.45) is 0.842. The summed E-state index contributed by atoms with van der Waals surface area (Å²) in [7, 11) is 1.67. The van der Waals surface area contributed by atoms with E-state index in [-0.39, 0.29) is 5.82 Å². The van der Waals surface area contributed by atoms with Crippen LogP contribution in [0.15, 0.2) is 42.5 Å². The molecule has 108 valence electrons. The summed E-state index contributed by atoms with van der Waals surface area (Å²) < 4.78 is 19.4. The SMILES string of the molecule is COc1ccccc1CCNc1nc2cc(F)ccc2s1. The maximum Gasteiger partial charge on any atom is 0.183 e. The minimum atomic E-state index is -0.256. The van der Waals surface area contributed by atoms with E-state index in [1.807, 2.05) is 24.3 Å². The second kappa shape index (κ2) is 6.10. The minimum absolute atomic E-state index is 0.256. The van der Waals surface area contributed by atoms with Crippen molar-refractivity contribution in [3.05, 3.63) is 53.8 Å². The molecule has 2 aromatic carbocycles. The molecule has 0 saturated carbocycles. The maximum atomic E-state index is 13.1. The van der Waals surface area contributed by atoms with Crippen LogP contribution in [-0.2, 0) is 6.42 Å². The molecule has 5 heteroatoms. The van der Waals surface area contributed by atoms with Crippen molar-refractivity contribution >= 4 is 26.7 Å². The summed E-state index contributed by atoms with van der Waals surface area (Å²) in [5, 5.41) is 4.09. The molecule has 0 saturated heterocycles. The lowest BCUT2D eigenvalue weighted by molar-refractivity contribution is 0.410. The van der Waals surface area contributed by atoms with E-state index >= 15 is 0 Å². The van der Waals surface area contributed by atoms with E-state index in [1.54, 1.807) is 13.2 Å². The average molecular weight is 302 g/mol. The van der Waals surface area contributed by atoms with Crippen molar-refractivity contribution in [2.75, 3.05) is 19.0 Å². The number of halogens is 1. The lowest BCUT2D eigenvalue weighted by Crippen LogP contribution is -2.05. The van der Waals surface area contributed by atoms with Gasteiger partial charge in [-0.25, -0.2) is 9.37 Å². The summed E-state index contributed by atoms with van der Waals surface area (Å²) in [6.45, 7) is 0.753. The second-order valence-electron chi connectivity index (χ2n) is 4.62. The first-order valence-corrected chi connectivity index (χ1v) is 7.50. The zero-order valence-corrected chi connectivity index (χ0v) is 12.4. The monoisotopic (exact) mass is 302 g/mol. The summed E-state index contributed by atoms with van der Waals surface area (Å²) >= 11 is 1.53. The Labute approximate surface area is 126 Å². The average Bonchev–Trinajstić information content (AvgIpc) is 2.89. The number of aromatic nitrogens is 1. The minimum Gasteiger partial charge on any atom is -0.496 e. The molecule has 0 spiro atoms. The summed E-state index contributed by atoms with van der Waals surface area (Å²) in [5.74, 6) is 0.638. The van der Waals surface area contributed by atoms with Crippen LogP contribution in [-0.4, -0.2) is 18.6 Å². The molecule has 3 rings (SSSR count). The Bertz CT molecular complexity index is 757. The van der Waals surface area contributed by atoms with Crippen LogP contribution in [0.4, 0.5) is 9.52 Å². The van der Waals surface area contributed by atoms with Crippen molar-refractivity contribution in [1.82, 2.24) is 4.98 Å². The molecule has 0 fully saturated rings. The molecule has 1 N–H and O–H groups in total. The predicted molar refractivity (Wildman–Crippen MR) is 84.8 cm³/mol. The fraction of sp³-hybridized carbons (Fsp3) is 0.188. The molecule has 0 unspecified atom stereocenters. The molecule has 3 nitrogen and oxygen atoms in total. The molecule has 0 aliphatic carbocycles. The topological polar surface area (TPSA) is 34.1 Å². The molecular formula is C16H15FN2OS. The normalized spacial score (nSPS) is 10.8. The number of methoxy groups -OCH3 is 1. The Morgan fingerprint density at radius 2 is 2.10 bits per heavy atom. The summed E-state index contributed by atoms with van der Waals surface area (Å²) in [5.41, 5.74) is 1.85. The number of benzene rings is 2. The van der Waals surface area contributed by atoms with Gasteiger partial charge in [-0.2, -0.15) is 0 Å². The highest BCUT2D eigenvalue weighted by atomic mass is 32.1. The van der Waals surface area contributed by atoms with Gasteiger partial charge in [0.1, 0.15) is 11.6 Å². The standard InChI is InChI=1S/C16H15FN2OS/c1-20-14-5-3-2-4-11(14)8-9-18-16-19-13-10-12(17)6-7-15(13)21-16/h2-7,10H,8-9H2,1H3,(H,18,19). The van der Waals surface area contributed by atoms with Gasteiger partial charge < -0.3 is 10.1 Å². The van der Waals surface area contributed by atoms with Gasteiger partial charge in [-0.3, -0.25) is 0 Å². The number of fused-ring (bicyclic) bond motifs is 1. The lowest BCUT2D eigenvalue weighted by Gasteiger charge is -2.08. The van der Waals surface area contributed by atoms with Crippen LogP contribution in [0.1, 0.15) is 5.56 Å². The van der Waals surface area contributed by atoms with E-state index in [9.17, 15) is 4.39 Å². The Balaban J connectivity index is 1.66. The number of para-hydroxylation sites is 1. The number of hydrogen-bond acceptors (Lipinski definition) is 4. The first kappa shape index (κ1) is 13.8. The van der Waals surface area contributed by atoms with Crippen molar-refractivity contribution in [2.45, 2.75) is 6.42 Å². The van der Waals surface area contributed by atoms with Crippen LogP contribution in [0, 0.1) is 5.82 Å². The molecule has 0 amide bonds. The van der Waals surface area contributed by atoms with E-state index in [2.05, 4.69) is 10.3 Å². The molecule has 0 aliphatic rings. The van der Waals surface area contributed by atoms with Gasteiger partial charge in [-0.15, -0.1) is 0 Å². The first-order chi connectivity index (χ1) is 10.3. The molecule has 0 radical (unpaired) electrons. The quantitative estimate of drug-likeness (QED) is 0.770. The first-order valence-electron chi connectivity index (χ1n) is 6.68. The van der Waals surface area contributed by atoms with E-state index in [1.165, 1.54) is 23.5 Å². The summed E-state index contributed by atoms with van der Waals surface area (Å²) in [6, 6.07) is 12.6. The third-order valence-corrected chi connectivity index (χ3v) is 4.21. The predicted octanol–water partition coefficient (Wildman–Crippen LogP) is 4.10. The molecule has 0 atom stereocenters. The van der Waals surface area contributed by atoms with Crippen LogP contribution < -0.4 is 10.1 Å². The van der Waals surface area contributed by atoms with Crippen molar-refractivity contribution in [3.8, 4) is 5.75 Å². The lowest BCUT2D eigenvalue weighted by atomic mass is 10.1. The Hall–Kier alpha value is -2.14. The van der Waals surface area contributed by atoms with Gasteiger partial charge in [0, 0.05) is 12.6 Å². The zero-order chi connectivity index (χ0) is 14.7.